The van der Waals surface area contributed by atoms with E-state index >= 15 is 0 Å². The molecule has 0 bridgehead atoms. The number of nitrogens with one attached hydrogen (secondary N) is 2. The van der Waals surface area contributed by atoms with Crippen LogP contribution in [0.3, 0.4) is 0 Å². The van der Waals surface area contributed by atoms with Crippen molar-refractivity contribution >= 4 is 0 Å². The van der Waals surface area contributed by atoms with Crippen LogP contribution in [0.25, 0.3) is 0 Å². The van der Waals surface area contributed by atoms with E-state index in [-0.39, 0.29) is 5.54 Å². The summed E-state index contributed by atoms with van der Waals surface area (Å²) in [5.74, 6) is 1.94. The molecule has 4 unspecified atom stereocenters. The van der Waals surface area contributed by atoms with Crippen LogP contribution in [-0.2, 0) is 9.47 Å². The lowest BCUT2D eigenvalue weighted by atomic mass is 9.83. The number of ether oxygens (including phenoxy) is 2. The summed E-state index contributed by atoms with van der Waals surface area (Å²) >= 11 is 0. The minimum absolute atomic E-state index is 0.155. The van der Waals surface area contributed by atoms with Gasteiger partial charge in [-0.05, 0) is 57.3 Å². The first-order valence-electron chi connectivity index (χ1n) is 11.3. The van der Waals surface area contributed by atoms with E-state index in [2.05, 4.69) is 66.0 Å². The number of hydrogen-bond acceptors (Lipinski definition) is 4. The molecule has 0 spiro atoms. The highest BCUT2D eigenvalue weighted by Crippen LogP contribution is 2.28. The van der Waals surface area contributed by atoms with Crippen LogP contribution in [-0.4, -0.2) is 49.1 Å². The zero-order valence-corrected chi connectivity index (χ0v) is 19.2. The van der Waals surface area contributed by atoms with Crippen molar-refractivity contribution < 1.29 is 9.47 Å². The van der Waals surface area contributed by atoms with Crippen molar-refractivity contribution in [3.05, 3.63) is 0 Å². The minimum atomic E-state index is 0.155. The number of rotatable bonds is 8. The Morgan fingerprint density at radius 2 is 1.19 bits per heavy atom. The summed E-state index contributed by atoms with van der Waals surface area (Å²) in [6, 6.07) is 1.67. The Hall–Kier alpha value is -0.160. The Labute approximate surface area is 168 Å². The SMILES string of the molecule is CC(C)C1CC(OCCOC2CC(C(C)C)NC(C)(C)C2)CC(C(C)C)N1. The van der Waals surface area contributed by atoms with E-state index in [9.17, 15) is 0 Å². The molecule has 0 aromatic heterocycles. The van der Waals surface area contributed by atoms with Gasteiger partial charge in [0.1, 0.15) is 0 Å². The van der Waals surface area contributed by atoms with Crippen molar-refractivity contribution in [2.24, 2.45) is 17.8 Å². The van der Waals surface area contributed by atoms with Gasteiger partial charge in [-0.15, -0.1) is 0 Å². The van der Waals surface area contributed by atoms with Crippen LogP contribution in [0.4, 0.5) is 0 Å². The van der Waals surface area contributed by atoms with E-state index < -0.39 is 0 Å². The van der Waals surface area contributed by atoms with Crippen LogP contribution in [0.5, 0.6) is 0 Å². The molecule has 2 heterocycles. The highest BCUT2D eigenvalue weighted by Gasteiger charge is 2.35. The van der Waals surface area contributed by atoms with Crippen molar-refractivity contribution in [2.75, 3.05) is 13.2 Å². The van der Waals surface area contributed by atoms with Gasteiger partial charge < -0.3 is 20.1 Å². The highest BCUT2D eigenvalue weighted by molar-refractivity contribution is 4.93. The molecule has 0 aliphatic carbocycles. The molecule has 2 rings (SSSR count). The summed E-state index contributed by atoms with van der Waals surface area (Å²) in [4.78, 5) is 0. The molecule has 160 valence electrons. The first-order chi connectivity index (χ1) is 12.6. The van der Waals surface area contributed by atoms with Gasteiger partial charge in [0.2, 0.25) is 0 Å². The first-order valence-corrected chi connectivity index (χ1v) is 11.3. The molecule has 27 heavy (non-hydrogen) atoms. The molecule has 2 aliphatic rings. The smallest absolute Gasteiger partial charge is 0.0704 e. The maximum atomic E-state index is 6.28. The highest BCUT2D eigenvalue weighted by atomic mass is 16.5. The Balaban J connectivity index is 1.76. The fraction of sp³-hybridized carbons (Fsp3) is 1.00. The van der Waals surface area contributed by atoms with E-state index in [1.165, 1.54) is 0 Å². The normalized spacial score (nSPS) is 34.6. The van der Waals surface area contributed by atoms with Gasteiger partial charge >= 0.3 is 0 Å². The topological polar surface area (TPSA) is 42.5 Å². The van der Waals surface area contributed by atoms with Crippen LogP contribution >= 0.6 is 0 Å². The lowest BCUT2D eigenvalue weighted by Gasteiger charge is -2.43. The first kappa shape index (κ1) is 23.1. The van der Waals surface area contributed by atoms with Gasteiger partial charge in [0.15, 0.2) is 0 Å². The molecule has 0 aromatic carbocycles. The van der Waals surface area contributed by atoms with E-state index in [1.807, 2.05) is 0 Å². The summed E-state index contributed by atoms with van der Waals surface area (Å²) in [7, 11) is 0. The van der Waals surface area contributed by atoms with E-state index in [0.29, 0.717) is 54.7 Å². The molecule has 0 amide bonds. The summed E-state index contributed by atoms with van der Waals surface area (Å²) in [5.41, 5.74) is 0.155. The fourth-order valence-electron chi connectivity index (χ4n) is 4.69. The summed E-state index contributed by atoms with van der Waals surface area (Å²) in [5, 5.41) is 7.61. The summed E-state index contributed by atoms with van der Waals surface area (Å²) < 4.78 is 12.5. The van der Waals surface area contributed by atoms with Crippen LogP contribution in [0.2, 0.25) is 0 Å². The Morgan fingerprint density at radius 3 is 1.67 bits per heavy atom. The predicted molar refractivity (Wildman–Crippen MR) is 114 cm³/mol. The number of piperidine rings is 2. The van der Waals surface area contributed by atoms with Crippen molar-refractivity contribution in [3.63, 3.8) is 0 Å². The van der Waals surface area contributed by atoms with Crippen molar-refractivity contribution in [1.82, 2.24) is 10.6 Å². The monoisotopic (exact) mass is 382 g/mol. The van der Waals surface area contributed by atoms with E-state index in [0.717, 1.165) is 32.3 Å². The van der Waals surface area contributed by atoms with Crippen molar-refractivity contribution in [1.29, 1.82) is 0 Å². The van der Waals surface area contributed by atoms with Gasteiger partial charge in [-0.1, -0.05) is 41.5 Å². The molecule has 2 aliphatic heterocycles. The fourth-order valence-corrected chi connectivity index (χ4v) is 4.69. The average molecular weight is 383 g/mol. The standard InChI is InChI=1S/C23H46N2O2/c1-15(2)20-11-18(12-21(24-20)16(3)4)26-9-10-27-19-13-22(17(5)6)25-23(7,8)14-19/h15-22,24-25H,9-14H2,1-8H3. The third-order valence-electron chi connectivity index (χ3n) is 6.50. The van der Waals surface area contributed by atoms with E-state index in [1.54, 1.807) is 0 Å². The van der Waals surface area contributed by atoms with Crippen molar-refractivity contribution in [3.8, 4) is 0 Å². The van der Waals surface area contributed by atoms with Gasteiger partial charge in [-0.2, -0.15) is 0 Å². The Kier molecular flexibility index (Phi) is 8.60. The van der Waals surface area contributed by atoms with Gasteiger partial charge in [-0.3, -0.25) is 0 Å². The van der Waals surface area contributed by atoms with Crippen LogP contribution < -0.4 is 10.6 Å². The summed E-state index contributed by atoms with van der Waals surface area (Å²) in [6.07, 6.45) is 5.14. The lowest BCUT2D eigenvalue weighted by Crippen LogP contribution is -2.56. The molecule has 4 nitrogen and oxygen atoms in total. The second kappa shape index (κ2) is 10.0. The van der Waals surface area contributed by atoms with Gasteiger partial charge in [0.05, 0.1) is 25.4 Å². The molecular weight excluding hydrogens is 336 g/mol. The predicted octanol–water partition coefficient (Wildman–Crippen LogP) is 4.38. The number of hydrogen-bond donors (Lipinski definition) is 2. The third-order valence-corrected chi connectivity index (χ3v) is 6.50. The molecule has 2 saturated heterocycles. The van der Waals surface area contributed by atoms with Crippen LogP contribution in [0.1, 0.15) is 81.1 Å². The zero-order chi connectivity index (χ0) is 20.2. The molecule has 4 heteroatoms. The molecule has 2 N–H and O–H groups in total. The zero-order valence-electron chi connectivity index (χ0n) is 19.2. The maximum Gasteiger partial charge on any atom is 0.0704 e. The largest absolute Gasteiger partial charge is 0.376 e. The molecule has 0 saturated carbocycles. The van der Waals surface area contributed by atoms with Gasteiger partial charge in [0, 0.05) is 23.7 Å². The van der Waals surface area contributed by atoms with E-state index in [4.69, 9.17) is 9.47 Å². The minimum Gasteiger partial charge on any atom is -0.376 e. The second-order valence-corrected chi connectivity index (χ2v) is 10.6. The van der Waals surface area contributed by atoms with Crippen LogP contribution in [0, 0.1) is 17.8 Å². The molecule has 0 aromatic rings. The Morgan fingerprint density at radius 1 is 0.741 bits per heavy atom. The van der Waals surface area contributed by atoms with Gasteiger partial charge in [0.25, 0.3) is 0 Å². The molecular formula is C23H46N2O2. The molecule has 0 radical (unpaired) electrons. The van der Waals surface area contributed by atoms with Crippen LogP contribution in [0.15, 0.2) is 0 Å². The average Bonchev–Trinajstić information content (AvgIpc) is 2.57. The Bertz CT molecular complexity index is 420. The molecule has 4 atom stereocenters. The quantitative estimate of drug-likeness (QED) is 0.612. The summed E-state index contributed by atoms with van der Waals surface area (Å²) in [6.45, 7) is 19.9. The van der Waals surface area contributed by atoms with Crippen molar-refractivity contribution in [2.45, 2.75) is 117 Å². The van der Waals surface area contributed by atoms with Gasteiger partial charge in [-0.25, -0.2) is 0 Å². The third kappa shape index (κ3) is 7.30. The molecule has 2 fully saturated rings. The lowest BCUT2D eigenvalue weighted by molar-refractivity contribution is -0.0634. The maximum absolute atomic E-state index is 6.28. The second-order valence-electron chi connectivity index (χ2n) is 10.6.